The maximum Gasteiger partial charge on any atom is 0.245 e. The van der Waals surface area contributed by atoms with Gasteiger partial charge in [0.25, 0.3) is 0 Å². The zero-order valence-corrected chi connectivity index (χ0v) is 16.0. The average molecular weight is 390 g/mol. The van der Waals surface area contributed by atoms with Crippen molar-refractivity contribution in [2.45, 2.75) is 32.1 Å². The largest absolute Gasteiger partial charge is 0.309 e. The van der Waals surface area contributed by atoms with E-state index in [1.165, 1.54) is 0 Å². The highest BCUT2D eigenvalue weighted by Crippen LogP contribution is 2.35. The Morgan fingerprint density at radius 3 is 2.41 bits per heavy atom. The van der Waals surface area contributed by atoms with Crippen molar-refractivity contribution in [3.05, 3.63) is 53.7 Å². The van der Waals surface area contributed by atoms with Crippen LogP contribution in [0.3, 0.4) is 0 Å². The predicted molar refractivity (Wildman–Crippen MR) is 106 cm³/mol. The lowest BCUT2D eigenvalue weighted by atomic mass is 9.85. The molecule has 0 bridgehead atoms. The Labute approximate surface area is 168 Å². The third kappa shape index (κ3) is 2.97. The molecule has 3 aliphatic rings. The maximum absolute atomic E-state index is 12.8. The number of hydrogen-bond acceptors (Lipinski definition) is 4. The van der Waals surface area contributed by atoms with Crippen LogP contribution in [-0.4, -0.2) is 38.9 Å². The first-order valence-electron chi connectivity index (χ1n) is 10.1. The van der Waals surface area contributed by atoms with Crippen molar-refractivity contribution in [2.75, 3.05) is 11.9 Å². The second-order valence-corrected chi connectivity index (χ2v) is 7.84. The van der Waals surface area contributed by atoms with E-state index in [4.69, 9.17) is 0 Å². The minimum absolute atomic E-state index is 0.235. The first-order chi connectivity index (χ1) is 14.1. The summed E-state index contributed by atoms with van der Waals surface area (Å²) in [5, 5.41) is 7.62. The van der Waals surface area contributed by atoms with Crippen LogP contribution in [0.15, 0.2) is 42.5 Å². The number of likely N-dealkylation sites (tertiary alicyclic amines) is 1. The van der Waals surface area contributed by atoms with Gasteiger partial charge in [-0.1, -0.05) is 30.4 Å². The molecule has 2 atom stereocenters. The van der Waals surface area contributed by atoms with Gasteiger partial charge in [-0.3, -0.25) is 19.3 Å². The number of anilines is 1. The summed E-state index contributed by atoms with van der Waals surface area (Å²) in [4.78, 5) is 39.2. The van der Waals surface area contributed by atoms with Gasteiger partial charge in [-0.25, -0.2) is 4.68 Å². The molecule has 1 aliphatic heterocycles. The Bertz CT molecular complexity index is 998. The van der Waals surface area contributed by atoms with E-state index in [0.717, 1.165) is 41.1 Å². The number of benzene rings is 1. The number of amides is 3. The van der Waals surface area contributed by atoms with E-state index in [2.05, 4.69) is 10.4 Å². The molecule has 2 heterocycles. The smallest absolute Gasteiger partial charge is 0.245 e. The van der Waals surface area contributed by atoms with E-state index in [-0.39, 0.29) is 36.1 Å². The molecule has 5 rings (SSSR count). The number of nitrogens with one attached hydrogen (secondary N) is 1. The second-order valence-electron chi connectivity index (χ2n) is 7.84. The van der Waals surface area contributed by atoms with E-state index in [1.54, 1.807) is 4.68 Å². The molecule has 1 aromatic heterocycles. The maximum atomic E-state index is 12.8. The molecule has 7 nitrogen and oxygen atoms in total. The fraction of sp³-hybridized carbons (Fsp3) is 0.364. The highest BCUT2D eigenvalue weighted by molar-refractivity contribution is 6.08. The summed E-state index contributed by atoms with van der Waals surface area (Å²) in [6, 6.07) is 9.64. The van der Waals surface area contributed by atoms with E-state index in [1.807, 2.05) is 42.5 Å². The van der Waals surface area contributed by atoms with Crippen molar-refractivity contribution in [1.82, 2.24) is 14.7 Å². The topological polar surface area (TPSA) is 84.3 Å². The third-order valence-electron chi connectivity index (χ3n) is 6.07. The second kappa shape index (κ2) is 6.99. The Morgan fingerprint density at radius 1 is 1.03 bits per heavy atom. The molecule has 1 N–H and O–H groups in total. The average Bonchev–Trinajstić information content (AvgIpc) is 3.40. The van der Waals surface area contributed by atoms with Gasteiger partial charge in [-0.05, 0) is 44.2 Å². The van der Waals surface area contributed by atoms with Gasteiger partial charge in [-0.2, -0.15) is 5.10 Å². The van der Waals surface area contributed by atoms with Crippen molar-refractivity contribution in [3.8, 4) is 5.69 Å². The molecular weight excluding hydrogens is 368 g/mol. The van der Waals surface area contributed by atoms with E-state index < -0.39 is 0 Å². The Kier molecular flexibility index (Phi) is 4.30. The summed E-state index contributed by atoms with van der Waals surface area (Å²) in [6.07, 6.45) is 7.78. The number of para-hydroxylation sites is 1. The van der Waals surface area contributed by atoms with Gasteiger partial charge in [-0.15, -0.1) is 0 Å². The highest BCUT2D eigenvalue weighted by Gasteiger charge is 2.47. The van der Waals surface area contributed by atoms with Crippen molar-refractivity contribution in [1.29, 1.82) is 0 Å². The SMILES string of the molecule is O=C(CN1C(=O)[C@H]2CC=CC[C@H]2C1=O)Nc1c2c(nn1-c1ccccc1)CCC2. The first kappa shape index (κ1) is 17.8. The number of hydrogen-bond donors (Lipinski definition) is 1. The normalized spacial score (nSPS) is 22.7. The molecule has 2 aromatic rings. The van der Waals surface area contributed by atoms with Crippen LogP contribution in [0.25, 0.3) is 5.69 Å². The van der Waals surface area contributed by atoms with Gasteiger partial charge in [0.1, 0.15) is 12.4 Å². The number of rotatable bonds is 4. The number of fused-ring (bicyclic) bond motifs is 2. The quantitative estimate of drug-likeness (QED) is 0.641. The number of imide groups is 1. The molecule has 0 radical (unpaired) electrons. The van der Waals surface area contributed by atoms with Crippen molar-refractivity contribution in [3.63, 3.8) is 0 Å². The van der Waals surface area contributed by atoms with Crippen LogP contribution in [0.2, 0.25) is 0 Å². The molecule has 0 unspecified atom stereocenters. The zero-order valence-electron chi connectivity index (χ0n) is 16.0. The van der Waals surface area contributed by atoms with E-state index >= 15 is 0 Å². The lowest BCUT2D eigenvalue weighted by Crippen LogP contribution is -2.38. The van der Waals surface area contributed by atoms with Crippen LogP contribution in [0, 0.1) is 11.8 Å². The van der Waals surface area contributed by atoms with Gasteiger partial charge in [0, 0.05) is 5.56 Å². The summed E-state index contributed by atoms with van der Waals surface area (Å²) >= 11 is 0. The molecule has 29 heavy (non-hydrogen) atoms. The molecular formula is C22H22N4O3. The van der Waals surface area contributed by atoms with Crippen LogP contribution < -0.4 is 5.32 Å². The molecule has 0 saturated carbocycles. The highest BCUT2D eigenvalue weighted by atomic mass is 16.2. The van der Waals surface area contributed by atoms with Crippen LogP contribution in [0.5, 0.6) is 0 Å². The van der Waals surface area contributed by atoms with Crippen LogP contribution in [-0.2, 0) is 27.2 Å². The van der Waals surface area contributed by atoms with Gasteiger partial charge in [0.05, 0.1) is 23.2 Å². The van der Waals surface area contributed by atoms with Gasteiger partial charge in [0.15, 0.2) is 0 Å². The summed E-state index contributed by atoms with van der Waals surface area (Å²) in [5.41, 5.74) is 2.90. The summed E-state index contributed by atoms with van der Waals surface area (Å²) in [5.74, 6) is -0.835. The minimum Gasteiger partial charge on any atom is -0.309 e. The van der Waals surface area contributed by atoms with Crippen LogP contribution >= 0.6 is 0 Å². The fourth-order valence-corrected chi connectivity index (χ4v) is 4.62. The van der Waals surface area contributed by atoms with Crippen LogP contribution in [0.4, 0.5) is 5.82 Å². The minimum atomic E-state index is -0.370. The number of carbonyl (C=O) groups excluding carboxylic acids is 3. The van der Waals surface area contributed by atoms with Crippen LogP contribution in [0.1, 0.15) is 30.5 Å². The number of carbonyl (C=O) groups is 3. The molecule has 2 aliphatic carbocycles. The fourth-order valence-electron chi connectivity index (χ4n) is 4.62. The molecule has 1 aromatic carbocycles. The van der Waals surface area contributed by atoms with E-state index in [0.29, 0.717) is 18.7 Å². The lowest BCUT2D eigenvalue weighted by Gasteiger charge is -2.16. The molecule has 1 saturated heterocycles. The Hall–Kier alpha value is -3.22. The van der Waals surface area contributed by atoms with Crippen molar-refractivity contribution in [2.24, 2.45) is 11.8 Å². The molecule has 148 valence electrons. The Morgan fingerprint density at radius 2 is 1.72 bits per heavy atom. The summed E-state index contributed by atoms with van der Waals surface area (Å²) in [6.45, 7) is -0.251. The first-order valence-corrected chi connectivity index (χ1v) is 10.1. The molecule has 7 heteroatoms. The monoisotopic (exact) mass is 390 g/mol. The van der Waals surface area contributed by atoms with Crippen molar-refractivity contribution >= 4 is 23.5 Å². The summed E-state index contributed by atoms with van der Waals surface area (Å²) in [7, 11) is 0. The van der Waals surface area contributed by atoms with Gasteiger partial charge < -0.3 is 5.32 Å². The molecule has 3 amide bonds. The van der Waals surface area contributed by atoms with Gasteiger partial charge >= 0.3 is 0 Å². The standard InChI is InChI=1S/C22H22N4O3/c27-19(13-25-21(28)15-9-4-5-10-16(15)22(25)29)23-20-17-11-6-12-18(17)24-26(20)14-7-2-1-3-8-14/h1-5,7-8,15-16H,6,9-13H2,(H,23,27)/t15-,16+. The number of allylic oxidation sites excluding steroid dienone is 2. The molecule has 0 spiro atoms. The Balaban J connectivity index is 1.38. The summed E-state index contributed by atoms with van der Waals surface area (Å²) < 4.78 is 1.75. The zero-order chi connectivity index (χ0) is 20.0. The number of nitrogens with zero attached hydrogens (tertiary/aromatic N) is 3. The number of aromatic nitrogens is 2. The number of aryl methyl sites for hydroxylation is 1. The van der Waals surface area contributed by atoms with Crippen molar-refractivity contribution < 1.29 is 14.4 Å². The molecule has 1 fully saturated rings. The van der Waals surface area contributed by atoms with E-state index in [9.17, 15) is 14.4 Å². The van der Waals surface area contributed by atoms with Gasteiger partial charge in [0.2, 0.25) is 17.7 Å². The predicted octanol–water partition coefficient (Wildman–Crippen LogP) is 2.25. The third-order valence-corrected chi connectivity index (χ3v) is 6.07. The lowest BCUT2D eigenvalue weighted by molar-refractivity contribution is -0.142.